The van der Waals surface area contributed by atoms with Gasteiger partial charge < -0.3 is 11.1 Å². The van der Waals surface area contributed by atoms with E-state index in [2.05, 4.69) is 5.32 Å². The van der Waals surface area contributed by atoms with Gasteiger partial charge in [-0.3, -0.25) is 4.79 Å². The minimum absolute atomic E-state index is 0.102. The van der Waals surface area contributed by atoms with Gasteiger partial charge >= 0.3 is 0 Å². The SMILES string of the molecule is CC(Cc1ccc(Cl)cc1)NC(=O)CCCCN. The summed E-state index contributed by atoms with van der Waals surface area (Å²) in [5.41, 5.74) is 6.56. The molecule has 0 saturated heterocycles. The van der Waals surface area contributed by atoms with Crippen molar-refractivity contribution in [1.82, 2.24) is 5.32 Å². The predicted octanol–water partition coefficient (Wildman–Crippen LogP) is 2.52. The summed E-state index contributed by atoms with van der Waals surface area (Å²) in [6, 6.07) is 7.84. The van der Waals surface area contributed by atoms with Crippen LogP contribution in [0.5, 0.6) is 0 Å². The standard InChI is InChI=1S/C14H21ClN2O/c1-11(17-14(18)4-2-3-9-16)10-12-5-7-13(15)8-6-12/h5-8,11H,2-4,9-10,16H2,1H3,(H,17,18). The minimum atomic E-state index is 0.102. The zero-order valence-corrected chi connectivity index (χ0v) is 11.5. The number of halogens is 1. The van der Waals surface area contributed by atoms with Crippen LogP contribution in [0.2, 0.25) is 5.02 Å². The lowest BCUT2D eigenvalue weighted by Gasteiger charge is -2.14. The van der Waals surface area contributed by atoms with Gasteiger partial charge in [-0.05, 0) is 50.4 Å². The summed E-state index contributed by atoms with van der Waals surface area (Å²) >= 11 is 5.82. The van der Waals surface area contributed by atoms with Crippen LogP contribution in [0, 0.1) is 0 Å². The van der Waals surface area contributed by atoms with Crippen LogP contribution in [0.25, 0.3) is 0 Å². The van der Waals surface area contributed by atoms with E-state index < -0.39 is 0 Å². The largest absolute Gasteiger partial charge is 0.353 e. The molecule has 1 aromatic carbocycles. The maximum Gasteiger partial charge on any atom is 0.220 e. The Morgan fingerprint density at radius 2 is 2.00 bits per heavy atom. The van der Waals surface area contributed by atoms with Crippen LogP contribution >= 0.6 is 11.6 Å². The first-order chi connectivity index (χ1) is 8.61. The molecule has 0 aromatic heterocycles. The summed E-state index contributed by atoms with van der Waals surface area (Å²) in [5.74, 6) is 0.102. The summed E-state index contributed by atoms with van der Waals surface area (Å²) < 4.78 is 0. The summed E-state index contributed by atoms with van der Waals surface area (Å²) in [6.07, 6.45) is 3.14. The average molecular weight is 269 g/mol. The number of hydrogen-bond donors (Lipinski definition) is 2. The van der Waals surface area contributed by atoms with Crippen LogP contribution < -0.4 is 11.1 Å². The van der Waals surface area contributed by atoms with Gasteiger partial charge in [0.25, 0.3) is 0 Å². The normalized spacial score (nSPS) is 12.2. The lowest BCUT2D eigenvalue weighted by atomic mass is 10.1. The molecule has 1 aromatic rings. The Bertz CT molecular complexity index is 365. The second kappa shape index (κ2) is 8.11. The molecular weight excluding hydrogens is 248 g/mol. The zero-order chi connectivity index (χ0) is 13.4. The molecule has 100 valence electrons. The van der Waals surface area contributed by atoms with Crippen molar-refractivity contribution in [2.75, 3.05) is 6.54 Å². The maximum atomic E-state index is 11.6. The van der Waals surface area contributed by atoms with Crippen molar-refractivity contribution in [1.29, 1.82) is 0 Å². The van der Waals surface area contributed by atoms with E-state index in [-0.39, 0.29) is 11.9 Å². The van der Waals surface area contributed by atoms with E-state index in [0.29, 0.717) is 13.0 Å². The highest BCUT2D eigenvalue weighted by Crippen LogP contribution is 2.11. The molecule has 0 aliphatic rings. The molecule has 3 nitrogen and oxygen atoms in total. The van der Waals surface area contributed by atoms with Gasteiger partial charge in [-0.1, -0.05) is 23.7 Å². The second-order valence-electron chi connectivity index (χ2n) is 4.54. The van der Waals surface area contributed by atoms with Gasteiger partial charge in [-0.2, -0.15) is 0 Å². The molecule has 0 aliphatic carbocycles. The van der Waals surface area contributed by atoms with Crippen LogP contribution in [-0.2, 0) is 11.2 Å². The second-order valence-corrected chi connectivity index (χ2v) is 4.98. The van der Waals surface area contributed by atoms with Gasteiger partial charge in [0.05, 0.1) is 0 Å². The number of rotatable bonds is 7. The van der Waals surface area contributed by atoms with E-state index in [1.54, 1.807) is 0 Å². The highest BCUT2D eigenvalue weighted by Gasteiger charge is 2.07. The molecular formula is C14H21ClN2O. The van der Waals surface area contributed by atoms with Crippen molar-refractivity contribution >= 4 is 17.5 Å². The molecule has 1 unspecified atom stereocenters. The third-order valence-electron chi connectivity index (χ3n) is 2.72. The van der Waals surface area contributed by atoms with Crippen molar-refractivity contribution < 1.29 is 4.79 Å². The Balaban J connectivity index is 2.30. The van der Waals surface area contributed by atoms with Crippen LogP contribution in [0.3, 0.4) is 0 Å². The summed E-state index contributed by atoms with van der Waals surface area (Å²) in [7, 11) is 0. The van der Waals surface area contributed by atoms with Gasteiger partial charge in [0.15, 0.2) is 0 Å². The molecule has 0 bridgehead atoms. The Morgan fingerprint density at radius 3 is 2.61 bits per heavy atom. The van der Waals surface area contributed by atoms with Crippen molar-refractivity contribution in [3.05, 3.63) is 34.9 Å². The molecule has 1 amide bonds. The Labute approximate surface area is 114 Å². The third-order valence-corrected chi connectivity index (χ3v) is 2.97. The zero-order valence-electron chi connectivity index (χ0n) is 10.8. The third kappa shape index (κ3) is 6.03. The minimum Gasteiger partial charge on any atom is -0.353 e. The number of nitrogens with one attached hydrogen (secondary N) is 1. The summed E-state index contributed by atoms with van der Waals surface area (Å²) in [6.45, 7) is 2.66. The molecule has 0 radical (unpaired) electrons. The van der Waals surface area contributed by atoms with Gasteiger partial charge in [-0.25, -0.2) is 0 Å². The number of unbranched alkanes of at least 4 members (excludes halogenated alkanes) is 1. The fourth-order valence-corrected chi connectivity index (χ4v) is 1.93. The molecule has 0 spiro atoms. The molecule has 4 heteroatoms. The van der Waals surface area contributed by atoms with E-state index in [4.69, 9.17) is 17.3 Å². The van der Waals surface area contributed by atoms with Gasteiger partial charge in [0.1, 0.15) is 0 Å². The number of carbonyl (C=O) groups excluding carboxylic acids is 1. The van der Waals surface area contributed by atoms with E-state index in [1.807, 2.05) is 31.2 Å². The smallest absolute Gasteiger partial charge is 0.220 e. The lowest BCUT2D eigenvalue weighted by Crippen LogP contribution is -2.33. The van der Waals surface area contributed by atoms with E-state index in [0.717, 1.165) is 24.3 Å². The van der Waals surface area contributed by atoms with Crippen LogP contribution in [0.1, 0.15) is 31.7 Å². The molecule has 0 fully saturated rings. The topological polar surface area (TPSA) is 55.1 Å². The fourth-order valence-electron chi connectivity index (χ4n) is 1.80. The number of nitrogens with two attached hydrogens (primary N) is 1. The summed E-state index contributed by atoms with van der Waals surface area (Å²) in [4.78, 5) is 11.6. The van der Waals surface area contributed by atoms with Crippen molar-refractivity contribution in [3.8, 4) is 0 Å². The molecule has 0 aliphatic heterocycles. The van der Waals surface area contributed by atoms with E-state index >= 15 is 0 Å². The maximum absolute atomic E-state index is 11.6. The quantitative estimate of drug-likeness (QED) is 0.747. The monoisotopic (exact) mass is 268 g/mol. The lowest BCUT2D eigenvalue weighted by molar-refractivity contribution is -0.121. The number of hydrogen-bond acceptors (Lipinski definition) is 2. The summed E-state index contributed by atoms with van der Waals surface area (Å²) in [5, 5.41) is 3.72. The first-order valence-corrected chi connectivity index (χ1v) is 6.73. The van der Waals surface area contributed by atoms with Gasteiger partial charge in [0, 0.05) is 17.5 Å². The van der Waals surface area contributed by atoms with Gasteiger partial charge in [0.2, 0.25) is 5.91 Å². The number of amides is 1. The molecule has 0 saturated carbocycles. The predicted molar refractivity (Wildman–Crippen MR) is 75.7 cm³/mol. The van der Waals surface area contributed by atoms with E-state index in [1.165, 1.54) is 5.56 Å². The van der Waals surface area contributed by atoms with Crippen LogP contribution in [0.4, 0.5) is 0 Å². The molecule has 3 N–H and O–H groups in total. The first-order valence-electron chi connectivity index (χ1n) is 6.35. The van der Waals surface area contributed by atoms with Crippen molar-refractivity contribution in [3.63, 3.8) is 0 Å². The Kier molecular flexibility index (Phi) is 6.76. The molecule has 18 heavy (non-hydrogen) atoms. The van der Waals surface area contributed by atoms with E-state index in [9.17, 15) is 4.79 Å². The van der Waals surface area contributed by atoms with Crippen molar-refractivity contribution in [2.45, 2.75) is 38.6 Å². The average Bonchev–Trinajstić information content (AvgIpc) is 2.32. The highest BCUT2D eigenvalue weighted by molar-refractivity contribution is 6.30. The highest BCUT2D eigenvalue weighted by atomic mass is 35.5. The molecule has 0 heterocycles. The molecule has 1 atom stereocenters. The number of carbonyl (C=O) groups is 1. The Hall–Kier alpha value is -1.06. The Morgan fingerprint density at radius 1 is 1.33 bits per heavy atom. The molecule has 1 rings (SSSR count). The number of benzene rings is 1. The van der Waals surface area contributed by atoms with Crippen molar-refractivity contribution in [2.24, 2.45) is 5.73 Å². The van der Waals surface area contributed by atoms with Crippen LogP contribution in [-0.4, -0.2) is 18.5 Å². The first kappa shape index (κ1) is 15.0. The fraction of sp³-hybridized carbons (Fsp3) is 0.500. The van der Waals surface area contributed by atoms with Crippen LogP contribution in [0.15, 0.2) is 24.3 Å². The van der Waals surface area contributed by atoms with Gasteiger partial charge in [-0.15, -0.1) is 0 Å².